The highest BCUT2D eigenvalue weighted by atomic mass is 79.9. The Morgan fingerprint density at radius 3 is 2.44 bits per heavy atom. The molecule has 0 radical (unpaired) electrons. The average Bonchev–Trinajstić information content (AvgIpc) is 2.35. The predicted molar refractivity (Wildman–Crippen MR) is 77.0 cm³/mol. The summed E-state index contributed by atoms with van der Waals surface area (Å²) >= 11 is 3.46. The maximum absolute atomic E-state index is 8.84. The molecular formula is C15H19BrN2. The Hall–Kier alpha value is -0.850. The van der Waals surface area contributed by atoms with Gasteiger partial charge in [-0.1, -0.05) is 35.0 Å². The van der Waals surface area contributed by atoms with Gasteiger partial charge < -0.3 is 0 Å². The first-order valence-corrected chi connectivity index (χ1v) is 7.24. The van der Waals surface area contributed by atoms with Gasteiger partial charge in [0, 0.05) is 17.4 Å². The molecule has 0 aromatic heterocycles. The first-order chi connectivity index (χ1) is 8.61. The second kappa shape index (κ2) is 5.86. The van der Waals surface area contributed by atoms with E-state index in [4.69, 9.17) is 5.26 Å². The van der Waals surface area contributed by atoms with Gasteiger partial charge in [-0.2, -0.15) is 5.26 Å². The second-order valence-electron chi connectivity index (χ2n) is 5.55. The predicted octanol–water partition coefficient (Wildman–Crippen LogP) is 3.96. The fourth-order valence-corrected chi connectivity index (χ4v) is 2.73. The highest BCUT2D eigenvalue weighted by Gasteiger charge is 2.29. The molecule has 1 aromatic carbocycles. The minimum atomic E-state index is 0.241. The van der Waals surface area contributed by atoms with Crippen LogP contribution in [0.5, 0.6) is 0 Å². The molecule has 18 heavy (non-hydrogen) atoms. The molecule has 2 nitrogen and oxygen atoms in total. The lowest BCUT2D eigenvalue weighted by Gasteiger charge is -2.38. The molecule has 0 spiro atoms. The zero-order chi connectivity index (χ0) is 13.0. The van der Waals surface area contributed by atoms with Crippen LogP contribution in [0.1, 0.15) is 31.7 Å². The summed E-state index contributed by atoms with van der Waals surface area (Å²) in [5.74, 6) is 0. The molecule has 1 aromatic rings. The number of nitriles is 1. The van der Waals surface area contributed by atoms with Crippen LogP contribution in [0.25, 0.3) is 0 Å². The van der Waals surface area contributed by atoms with Crippen LogP contribution >= 0.6 is 15.9 Å². The van der Waals surface area contributed by atoms with E-state index in [0.29, 0.717) is 6.42 Å². The van der Waals surface area contributed by atoms with Crippen molar-refractivity contribution in [3.63, 3.8) is 0 Å². The normalized spacial score (nSPS) is 19.4. The van der Waals surface area contributed by atoms with Gasteiger partial charge >= 0.3 is 0 Å². The zero-order valence-electron chi connectivity index (χ0n) is 10.8. The van der Waals surface area contributed by atoms with E-state index < -0.39 is 0 Å². The quantitative estimate of drug-likeness (QED) is 0.845. The van der Waals surface area contributed by atoms with E-state index in [9.17, 15) is 0 Å². The summed E-state index contributed by atoms with van der Waals surface area (Å²) in [7, 11) is 0. The van der Waals surface area contributed by atoms with Crippen LogP contribution in [0.15, 0.2) is 28.7 Å². The van der Waals surface area contributed by atoms with Crippen LogP contribution in [0.3, 0.4) is 0 Å². The Morgan fingerprint density at radius 2 is 1.89 bits per heavy atom. The van der Waals surface area contributed by atoms with Gasteiger partial charge in [-0.05, 0) is 49.0 Å². The summed E-state index contributed by atoms with van der Waals surface area (Å²) in [6, 6.07) is 10.9. The molecule has 0 amide bonds. The highest BCUT2D eigenvalue weighted by Crippen LogP contribution is 2.34. The molecule has 1 fully saturated rings. The molecule has 0 N–H and O–H groups in total. The number of hydrogen-bond donors (Lipinski definition) is 0. The van der Waals surface area contributed by atoms with Crippen LogP contribution in [0.2, 0.25) is 0 Å². The number of piperidine rings is 1. The van der Waals surface area contributed by atoms with Gasteiger partial charge in [-0.3, -0.25) is 4.90 Å². The topological polar surface area (TPSA) is 27.0 Å². The molecule has 1 heterocycles. The first kappa shape index (κ1) is 13.6. The summed E-state index contributed by atoms with van der Waals surface area (Å²) in [6.45, 7) is 5.48. The molecule has 1 aliphatic heterocycles. The van der Waals surface area contributed by atoms with Crippen molar-refractivity contribution in [2.45, 2.75) is 32.7 Å². The molecule has 2 rings (SSSR count). The molecule has 0 bridgehead atoms. The molecular weight excluding hydrogens is 288 g/mol. The van der Waals surface area contributed by atoms with E-state index in [0.717, 1.165) is 36.9 Å². The maximum Gasteiger partial charge on any atom is 0.0627 e. The number of hydrogen-bond acceptors (Lipinski definition) is 2. The molecule has 0 saturated carbocycles. The van der Waals surface area contributed by atoms with Gasteiger partial charge in [-0.25, -0.2) is 0 Å². The minimum Gasteiger partial charge on any atom is -0.299 e. The Labute approximate surface area is 118 Å². The lowest BCUT2D eigenvalue weighted by Crippen LogP contribution is -2.38. The molecule has 96 valence electrons. The largest absolute Gasteiger partial charge is 0.299 e. The smallest absolute Gasteiger partial charge is 0.0627 e. The van der Waals surface area contributed by atoms with Gasteiger partial charge in [0.05, 0.1) is 6.07 Å². The van der Waals surface area contributed by atoms with Crippen molar-refractivity contribution in [3.8, 4) is 6.07 Å². The van der Waals surface area contributed by atoms with E-state index in [1.54, 1.807) is 0 Å². The van der Waals surface area contributed by atoms with Crippen LogP contribution in [-0.4, -0.2) is 18.0 Å². The van der Waals surface area contributed by atoms with Crippen molar-refractivity contribution in [2.75, 3.05) is 13.1 Å². The van der Waals surface area contributed by atoms with Crippen LogP contribution in [0, 0.1) is 16.7 Å². The Balaban J connectivity index is 1.87. The van der Waals surface area contributed by atoms with Crippen molar-refractivity contribution in [2.24, 2.45) is 5.41 Å². The lowest BCUT2D eigenvalue weighted by atomic mass is 9.78. The lowest BCUT2D eigenvalue weighted by molar-refractivity contribution is 0.116. The second-order valence-corrected chi connectivity index (χ2v) is 6.46. The highest BCUT2D eigenvalue weighted by molar-refractivity contribution is 9.10. The molecule has 0 unspecified atom stereocenters. The number of benzene rings is 1. The SMILES string of the molecule is CC1(CC#N)CCN(Cc2ccc(Br)cc2)CC1. The molecule has 1 saturated heterocycles. The molecule has 0 atom stereocenters. The van der Waals surface area contributed by atoms with Gasteiger partial charge in [0.15, 0.2) is 0 Å². The zero-order valence-corrected chi connectivity index (χ0v) is 12.4. The number of nitrogens with zero attached hydrogens (tertiary/aromatic N) is 2. The average molecular weight is 307 g/mol. The standard InChI is InChI=1S/C15H19BrN2/c1-15(6-9-17)7-10-18(11-8-15)12-13-2-4-14(16)5-3-13/h2-5H,6-8,10-12H2,1H3. The van der Waals surface area contributed by atoms with E-state index in [1.807, 2.05) is 0 Å². The van der Waals surface area contributed by atoms with Crippen molar-refractivity contribution >= 4 is 15.9 Å². The summed E-state index contributed by atoms with van der Waals surface area (Å²) in [6.07, 6.45) is 2.97. The van der Waals surface area contributed by atoms with E-state index in [1.165, 1.54) is 5.56 Å². The van der Waals surface area contributed by atoms with Crippen molar-refractivity contribution in [1.82, 2.24) is 4.90 Å². The Kier molecular flexibility index (Phi) is 4.42. The fourth-order valence-electron chi connectivity index (χ4n) is 2.47. The van der Waals surface area contributed by atoms with E-state index in [2.05, 4.69) is 58.1 Å². The van der Waals surface area contributed by atoms with Crippen molar-refractivity contribution < 1.29 is 0 Å². The van der Waals surface area contributed by atoms with Gasteiger partial charge in [0.25, 0.3) is 0 Å². The summed E-state index contributed by atoms with van der Waals surface area (Å²) in [5.41, 5.74) is 1.60. The Bertz CT molecular complexity index is 425. The third-order valence-electron chi connectivity index (χ3n) is 3.89. The minimum absolute atomic E-state index is 0.241. The van der Waals surface area contributed by atoms with Crippen LogP contribution in [0.4, 0.5) is 0 Å². The number of rotatable bonds is 3. The van der Waals surface area contributed by atoms with Gasteiger partial charge in [0.2, 0.25) is 0 Å². The van der Waals surface area contributed by atoms with Gasteiger partial charge in [-0.15, -0.1) is 0 Å². The number of halogens is 1. The summed E-state index contributed by atoms with van der Waals surface area (Å²) < 4.78 is 1.13. The number of likely N-dealkylation sites (tertiary alicyclic amines) is 1. The van der Waals surface area contributed by atoms with Gasteiger partial charge in [0.1, 0.15) is 0 Å². The van der Waals surface area contributed by atoms with Crippen molar-refractivity contribution in [1.29, 1.82) is 5.26 Å². The van der Waals surface area contributed by atoms with E-state index in [-0.39, 0.29) is 5.41 Å². The van der Waals surface area contributed by atoms with Crippen LogP contribution in [-0.2, 0) is 6.54 Å². The summed E-state index contributed by atoms with van der Waals surface area (Å²) in [4.78, 5) is 2.49. The monoisotopic (exact) mass is 306 g/mol. The Morgan fingerprint density at radius 1 is 1.28 bits per heavy atom. The molecule has 3 heteroatoms. The summed E-state index contributed by atoms with van der Waals surface area (Å²) in [5, 5.41) is 8.84. The maximum atomic E-state index is 8.84. The van der Waals surface area contributed by atoms with E-state index >= 15 is 0 Å². The fraction of sp³-hybridized carbons (Fsp3) is 0.533. The first-order valence-electron chi connectivity index (χ1n) is 6.45. The molecule has 0 aliphatic carbocycles. The van der Waals surface area contributed by atoms with Crippen LogP contribution < -0.4 is 0 Å². The molecule has 1 aliphatic rings. The van der Waals surface area contributed by atoms with Crippen molar-refractivity contribution in [3.05, 3.63) is 34.3 Å². The third kappa shape index (κ3) is 3.57. The third-order valence-corrected chi connectivity index (χ3v) is 4.42.